The van der Waals surface area contributed by atoms with Gasteiger partial charge in [0, 0.05) is 17.5 Å². The Morgan fingerprint density at radius 3 is 2.64 bits per heavy atom. The van der Waals surface area contributed by atoms with Gasteiger partial charge in [-0.05, 0) is 43.6 Å². The largest absolute Gasteiger partial charge is 0.465 e. The molecule has 1 aromatic carbocycles. The number of carbonyl (C=O) groups is 2. The Morgan fingerprint density at radius 2 is 1.93 bits per heavy atom. The van der Waals surface area contributed by atoms with Crippen molar-refractivity contribution in [3.63, 3.8) is 0 Å². The average molecular weight is 400 g/mol. The normalized spacial score (nSPS) is 20.6. The summed E-state index contributed by atoms with van der Waals surface area (Å²) in [7, 11) is 1.38. The Hall–Kier alpha value is -2.38. The van der Waals surface area contributed by atoms with Crippen molar-refractivity contribution in [3.05, 3.63) is 57.8 Å². The Balaban J connectivity index is 1.56. The van der Waals surface area contributed by atoms with Crippen molar-refractivity contribution in [2.24, 2.45) is 0 Å². The van der Waals surface area contributed by atoms with E-state index in [-0.39, 0.29) is 24.1 Å². The van der Waals surface area contributed by atoms with E-state index < -0.39 is 0 Å². The van der Waals surface area contributed by atoms with Gasteiger partial charge in [0.25, 0.3) is 0 Å². The van der Waals surface area contributed by atoms with Crippen molar-refractivity contribution in [1.82, 2.24) is 15.1 Å². The van der Waals surface area contributed by atoms with Gasteiger partial charge in [-0.25, -0.2) is 9.59 Å². The SMILES string of the molecule is COC(=O)c1ccc(CN2C[C@@H](c3ccccc3)N(C3CCNCC3)C2=O)s1. The second kappa shape index (κ2) is 8.32. The molecule has 2 amide bonds. The van der Waals surface area contributed by atoms with E-state index in [1.54, 1.807) is 6.07 Å². The number of nitrogens with one attached hydrogen (secondary N) is 1. The van der Waals surface area contributed by atoms with E-state index in [0.717, 1.165) is 30.8 Å². The molecule has 2 aliphatic heterocycles. The van der Waals surface area contributed by atoms with Crippen molar-refractivity contribution in [2.45, 2.75) is 31.5 Å². The Morgan fingerprint density at radius 1 is 1.18 bits per heavy atom. The van der Waals surface area contributed by atoms with Gasteiger partial charge in [0.1, 0.15) is 4.88 Å². The number of methoxy groups -OCH3 is 1. The molecule has 0 radical (unpaired) electrons. The van der Waals surface area contributed by atoms with Crippen LogP contribution in [0.3, 0.4) is 0 Å². The quantitative estimate of drug-likeness (QED) is 0.784. The lowest BCUT2D eigenvalue weighted by Gasteiger charge is -2.35. The first-order chi connectivity index (χ1) is 13.7. The monoisotopic (exact) mass is 399 g/mol. The van der Waals surface area contributed by atoms with Crippen LogP contribution in [0.1, 0.15) is 39.0 Å². The van der Waals surface area contributed by atoms with Gasteiger partial charge in [0.15, 0.2) is 0 Å². The lowest BCUT2D eigenvalue weighted by Crippen LogP contribution is -2.45. The minimum absolute atomic E-state index is 0.0665. The Bertz CT molecular complexity index is 832. The summed E-state index contributed by atoms with van der Waals surface area (Å²) in [6.45, 7) is 3.08. The molecule has 1 atom stereocenters. The molecular formula is C21H25N3O3S. The number of esters is 1. The number of carbonyl (C=O) groups excluding carboxylic acids is 2. The highest BCUT2D eigenvalue weighted by atomic mass is 32.1. The molecule has 7 heteroatoms. The summed E-state index contributed by atoms with van der Waals surface area (Å²) in [4.78, 5) is 30.6. The van der Waals surface area contributed by atoms with Crippen LogP contribution in [0.5, 0.6) is 0 Å². The first-order valence-corrected chi connectivity index (χ1v) is 10.5. The van der Waals surface area contributed by atoms with E-state index in [2.05, 4.69) is 22.3 Å². The topological polar surface area (TPSA) is 61.9 Å². The summed E-state index contributed by atoms with van der Waals surface area (Å²) in [6, 6.07) is 14.4. The fourth-order valence-electron chi connectivity index (χ4n) is 4.10. The predicted molar refractivity (Wildman–Crippen MR) is 108 cm³/mol. The zero-order valence-electron chi connectivity index (χ0n) is 16.0. The number of nitrogens with zero attached hydrogens (tertiary/aromatic N) is 2. The van der Waals surface area contributed by atoms with Crippen LogP contribution in [-0.4, -0.2) is 54.6 Å². The summed E-state index contributed by atoms with van der Waals surface area (Å²) in [6.07, 6.45) is 1.96. The molecule has 0 bridgehead atoms. The number of rotatable bonds is 5. The highest BCUT2D eigenvalue weighted by Crippen LogP contribution is 2.35. The van der Waals surface area contributed by atoms with Gasteiger partial charge in [-0.3, -0.25) is 0 Å². The van der Waals surface area contributed by atoms with Gasteiger partial charge in [-0.2, -0.15) is 0 Å². The standard InChI is InChI=1S/C21H25N3O3S/c1-27-20(25)19-8-7-17(28-19)13-23-14-18(15-5-3-2-4-6-15)24(21(23)26)16-9-11-22-12-10-16/h2-8,16,18,22H,9-14H2,1H3/t18-/m0/s1. The summed E-state index contributed by atoms with van der Waals surface area (Å²) in [5.74, 6) is -0.331. The molecule has 0 aliphatic carbocycles. The van der Waals surface area contributed by atoms with Gasteiger partial charge >= 0.3 is 12.0 Å². The van der Waals surface area contributed by atoms with Crippen LogP contribution >= 0.6 is 11.3 Å². The lowest BCUT2D eigenvalue weighted by atomic mass is 10.00. The summed E-state index contributed by atoms with van der Waals surface area (Å²) in [5.41, 5.74) is 1.18. The number of urea groups is 1. The maximum Gasteiger partial charge on any atom is 0.348 e. The van der Waals surface area contributed by atoms with E-state index in [9.17, 15) is 9.59 Å². The molecule has 2 saturated heterocycles. The molecule has 28 heavy (non-hydrogen) atoms. The minimum atomic E-state index is -0.331. The first kappa shape index (κ1) is 19.0. The molecule has 0 spiro atoms. The molecule has 3 heterocycles. The van der Waals surface area contributed by atoms with Gasteiger partial charge in [-0.1, -0.05) is 30.3 Å². The molecule has 0 unspecified atom stereocenters. The van der Waals surface area contributed by atoms with Gasteiger partial charge in [-0.15, -0.1) is 11.3 Å². The van der Waals surface area contributed by atoms with Crippen LogP contribution in [0.15, 0.2) is 42.5 Å². The van der Waals surface area contributed by atoms with Crippen LogP contribution in [0.25, 0.3) is 0 Å². The van der Waals surface area contributed by atoms with Gasteiger partial charge < -0.3 is 19.9 Å². The van der Waals surface area contributed by atoms with E-state index in [4.69, 9.17) is 4.74 Å². The smallest absolute Gasteiger partial charge is 0.348 e. The third kappa shape index (κ3) is 3.77. The number of benzene rings is 1. The maximum absolute atomic E-state index is 13.3. The average Bonchev–Trinajstić information content (AvgIpc) is 3.34. The fraction of sp³-hybridized carbons (Fsp3) is 0.429. The number of ether oxygens (including phenoxy) is 1. The number of hydrogen-bond donors (Lipinski definition) is 1. The Labute approximate surface area is 169 Å². The maximum atomic E-state index is 13.3. The Kier molecular flexibility index (Phi) is 5.64. The van der Waals surface area contributed by atoms with E-state index >= 15 is 0 Å². The lowest BCUT2D eigenvalue weighted by molar-refractivity contribution is 0.0606. The zero-order valence-corrected chi connectivity index (χ0v) is 16.8. The summed E-state index contributed by atoms with van der Waals surface area (Å²) in [5, 5.41) is 3.38. The van der Waals surface area contributed by atoms with Gasteiger partial charge in [0.05, 0.1) is 19.7 Å². The predicted octanol–water partition coefficient (Wildman–Crippen LogP) is 3.27. The molecular weight excluding hydrogens is 374 g/mol. The highest BCUT2D eigenvalue weighted by molar-refractivity contribution is 7.13. The summed E-state index contributed by atoms with van der Waals surface area (Å²) >= 11 is 1.39. The van der Waals surface area contributed by atoms with Crippen molar-refractivity contribution in [3.8, 4) is 0 Å². The van der Waals surface area contributed by atoms with Crippen molar-refractivity contribution in [2.75, 3.05) is 26.7 Å². The fourth-order valence-corrected chi connectivity index (χ4v) is 5.04. The van der Waals surface area contributed by atoms with Crippen LogP contribution in [0.2, 0.25) is 0 Å². The number of thiophene rings is 1. The van der Waals surface area contributed by atoms with Gasteiger partial charge in [0.2, 0.25) is 0 Å². The highest BCUT2D eigenvalue weighted by Gasteiger charge is 2.42. The summed E-state index contributed by atoms with van der Waals surface area (Å²) < 4.78 is 4.79. The molecule has 2 fully saturated rings. The molecule has 4 rings (SSSR count). The third-order valence-electron chi connectivity index (χ3n) is 5.50. The minimum Gasteiger partial charge on any atom is -0.465 e. The van der Waals surface area contributed by atoms with Crippen molar-refractivity contribution < 1.29 is 14.3 Å². The van der Waals surface area contributed by atoms with E-state index in [1.807, 2.05) is 29.2 Å². The second-order valence-electron chi connectivity index (χ2n) is 7.24. The van der Waals surface area contributed by atoms with Crippen molar-refractivity contribution >= 4 is 23.3 Å². The molecule has 2 aromatic rings. The van der Waals surface area contributed by atoms with Crippen molar-refractivity contribution in [1.29, 1.82) is 0 Å². The van der Waals surface area contributed by atoms with E-state index in [0.29, 0.717) is 18.0 Å². The molecule has 1 N–H and O–H groups in total. The molecule has 0 saturated carbocycles. The molecule has 2 aliphatic rings. The van der Waals surface area contributed by atoms with Crippen LogP contribution in [-0.2, 0) is 11.3 Å². The van der Waals surface area contributed by atoms with Crippen LogP contribution in [0.4, 0.5) is 4.79 Å². The number of piperidine rings is 1. The molecule has 6 nitrogen and oxygen atoms in total. The first-order valence-electron chi connectivity index (χ1n) is 9.67. The third-order valence-corrected chi connectivity index (χ3v) is 6.55. The molecule has 148 valence electrons. The zero-order chi connectivity index (χ0) is 19.5. The van der Waals surface area contributed by atoms with Crippen LogP contribution in [0, 0.1) is 0 Å². The van der Waals surface area contributed by atoms with Crippen LogP contribution < -0.4 is 5.32 Å². The molecule has 1 aromatic heterocycles. The number of amides is 2. The second-order valence-corrected chi connectivity index (χ2v) is 8.40. The number of hydrogen-bond acceptors (Lipinski definition) is 5. The van der Waals surface area contributed by atoms with E-state index in [1.165, 1.54) is 24.0 Å².